The van der Waals surface area contributed by atoms with E-state index in [1.165, 1.54) is 13.3 Å². The maximum Gasteiger partial charge on any atom is 0.313 e. The fraction of sp³-hybridized carbons (Fsp3) is 0.400. The SMILES string of the molecule is COc1cncc(C(C)(C)C(=O)O)c1. The van der Waals surface area contributed by atoms with Gasteiger partial charge in [-0.2, -0.15) is 0 Å². The van der Waals surface area contributed by atoms with Crippen molar-refractivity contribution in [3.8, 4) is 5.75 Å². The van der Waals surface area contributed by atoms with Gasteiger partial charge in [-0.1, -0.05) is 0 Å². The number of aliphatic carboxylic acids is 1. The van der Waals surface area contributed by atoms with Gasteiger partial charge in [0.25, 0.3) is 0 Å². The third-order valence-corrected chi connectivity index (χ3v) is 2.21. The van der Waals surface area contributed by atoms with Crippen molar-refractivity contribution >= 4 is 5.97 Å². The Balaban J connectivity index is 3.12. The van der Waals surface area contributed by atoms with Gasteiger partial charge in [0, 0.05) is 6.20 Å². The molecule has 0 aliphatic rings. The van der Waals surface area contributed by atoms with Crippen molar-refractivity contribution in [1.82, 2.24) is 4.98 Å². The molecule has 0 fully saturated rings. The highest BCUT2D eigenvalue weighted by molar-refractivity contribution is 5.80. The van der Waals surface area contributed by atoms with Gasteiger partial charge in [0.2, 0.25) is 0 Å². The molecule has 1 rings (SSSR count). The molecule has 0 amide bonds. The van der Waals surface area contributed by atoms with Crippen LogP contribution in [-0.4, -0.2) is 23.2 Å². The van der Waals surface area contributed by atoms with E-state index in [2.05, 4.69) is 4.98 Å². The first-order chi connectivity index (χ1) is 6.48. The Hall–Kier alpha value is -1.58. The molecular formula is C10H13NO3. The van der Waals surface area contributed by atoms with Crippen LogP contribution in [0.3, 0.4) is 0 Å². The van der Waals surface area contributed by atoms with Gasteiger partial charge in [0.15, 0.2) is 0 Å². The number of hydrogen-bond donors (Lipinski definition) is 1. The lowest BCUT2D eigenvalue weighted by Gasteiger charge is -2.19. The number of aromatic nitrogens is 1. The molecule has 0 unspecified atom stereocenters. The van der Waals surface area contributed by atoms with Crippen molar-refractivity contribution in [3.05, 3.63) is 24.0 Å². The summed E-state index contributed by atoms with van der Waals surface area (Å²) in [6.45, 7) is 3.26. The molecule has 14 heavy (non-hydrogen) atoms. The Morgan fingerprint density at radius 2 is 2.14 bits per heavy atom. The van der Waals surface area contributed by atoms with E-state index in [4.69, 9.17) is 9.84 Å². The summed E-state index contributed by atoms with van der Waals surface area (Å²) in [5, 5.41) is 8.99. The van der Waals surface area contributed by atoms with Crippen molar-refractivity contribution < 1.29 is 14.6 Å². The number of hydrogen-bond acceptors (Lipinski definition) is 3. The van der Waals surface area contributed by atoms with Crippen LogP contribution in [0, 0.1) is 0 Å². The van der Waals surface area contributed by atoms with Gasteiger partial charge in [-0.05, 0) is 25.5 Å². The van der Waals surface area contributed by atoms with E-state index >= 15 is 0 Å². The van der Waals surface area contributed by atoms with Crippen molar-refractivity contribution in [3.63, 3.8) is 0 Å². The number of carboxylic acids is 1. The van der Waals surface area contributed by atoms with Crippen LogP contribution in [-0.2, 0) is 10.2 Å². The maximum absolute atomic E-state index is 11.0. The van der Waals surface area contributed by atoms with Crippen molar-refractivity contribution in [2.45, 2.75) is 19.3 Å². The molecule has 0 bridgehead atoms. The van der Waals surface area contributed by atoms with Gasteiger partial charge in [0.05, 0.1) is 18.7 Å². The fourth-order valence-electron chi connectivity index (χ4n) is 0.996. The molecule has 0 aromatic carbocycles. The van der Waals surface area contributed by atoms with E-state index in [1.807, 2.05) is 0 Å². The average Bonchev–Trinajstić information content (AvgIpc) is 2.17. The van der Waals surface area contributed by atoms with E-state index in [1.54, 1.807) is 26.1 Å². The second-order valence-corrected chi connectivity index (χ2v) is 3.54. The molecule has 4 nitrogen and oxygen atoms in total. The van der Waals surface area contributed by atoms with E-state index in [-0.39, 0.29) is 0 Å². The molecule has 1 aromatic heterocycles. The highest BCUT2D eigenvalue weighted by atomic mass is 16.5. The molecule has 0 aliphatic heterocycles. The number of nitrogens with zero attached hydrogens (tertiary/aromatic N) is 1. The minimum absolute atomic E-state index is 0.567. The van der Waals surface area contributed by atoms with Crippen LogP contribution in [0.25, 0.3) is 0 Å². The Labute approximate surface area is 82.5 Å². The normalized spacial score (nSPS) is 11.1. The molecule has 0 radical (unpaired) electrons. The zero-order valence-corrected chi connectivity index (χ0v) is 8.44. The lowest BCUT2D eigenvalue weighted by atomic mass is 9.86. The van der Waals surface area contributed by atoms with Crippen LogP contribution < -0.4 is 4.74 Å². The summed E-state index contributed by atoms with van der Waals surface area (Å²) in [7, 11) is 1.52. The third kappa shape index (κ3) is 1.84. The predicted octanol–water partition coefficient (Wildman–Crippen LogP) is 1.45. The van der Waals surface area contributed by atoms with E-state index in [0.717, 1.165) is 0 Å². The smallest absolute Gasteiger partial charge is 0.313 e. The van der Waals surface area contributed by atoms with E-state index < -0.39 is 11.4 Å². The van der Waals surface area contributed by atoms with Crippen LogP contribution in [0.4, 0.5) is 0 Å². The van der Waals surface area contributed by atoms with Crippen molar-refractivity contribution in [2.24, 2.45) is 0 Å². The molecule has 0 saturated carbocycles. The maximum atomic E-state index is 11.0. The highest BCUT2D eigenvalue weighted by Crippen LogP contribution is 2.25. The Morgan fingerprint density at radius 3 is 2.64 bits per heavy atom. The molecule has 76 valence electrons. The van der Waals surface area contributed by atoms with Gasteiger partial charge in [-0.15, -0.1) is 0 Å². The van der Waals surface area contributed by atoms with Gasteiger partial charge in [0.1, 0.15) is 5.75 Å². The number of carboxylic acid groups (broad SMARTS) is 1. The number of ether oxygens (including phenoxy) is 1. The van der Waals surface area contributed by atoms with Crippen LogP contribution in [0.15, 0.2) is 18.5 Å². The van der Waals surface area contributed by atoms with E-state index in [0.29, 0.717) is 11.3 Å². The quantitative estimate of drug-likeness (QED) is 0.793. The number of rotatable bonds is 3. The Bertz CT molecular complexity index is 347. The van der Waals surface area contributed by atoms with Gasteiger partial charge < -0.3 is 9.84 Å². The minimum Gasteiger partial charge on any atom is -0.495 e. The summed E-state index contributed by atoms with van der Waals surface area (Å²) in [6, 6.07) is 1.68. The van der Waals surface area contributed by atoms with Gasteiger partial charge in [-0.3, -0.25) is 9.78 Å². The topological polar surface area (TPSA) is 59.4 Å². The number of pyridine rings is 1. The molecular weight excluding hydrogens is 182 g/mol. The van der Waals surface area contributed by atoms with Gasteiger partial charge in [-0.25, -0.2) is 0 Å². The van der Waals surface area contributed by atoms with Crippen LogP contribution >= 0.6 is 0 Å². The summed E-state index contributed by atoms with van der Waals surface area (Å²) in [6.07, 6.45) is 3.08. The molecule has 1 heterocycles. The molecule has 4 heteroatoms. The first kappa shape index (κ1) is 10.5. The first-order valence-corrected chi connectivity index (χ1v) is 4.21. The fourth-order valence-corrected chi connectivity index (χ4v) is 0.996. The lowest BCUT2D eigenvalue weighted by Crippen LogP contribution is -2.28. The van der Waals surface area contributed by atoms with Crippen molar-refractivity contribution in [1.29, 1.82) is 0 Å². The van der Waals surface area contributed by atoms with Crippen LogP contribution in [0.5, 0.6) is 5.75 Å². The second-order valence-electron chi connectivity index (χ2n) is 3.54. The molecule has 0 aliphatic carbocycles. The lowest BCUT2D eigenvalue weighted by molar-refractivity contribution is -0.142. The van der Waals surface area contributed by atoms with Gasteiger partial charge >= 0.3 is 5.97 Å². The van der Waals surface area contributed by atoms with E-state index in [9.17, 15) is 4.79 Å². The zero-order chi connectivity index (χ0) is 10.8. The molecule has 0 atom stereocenters. The number of carbonyl (C=O) groups is 1. The summed E-state index contributed by atoms with van der Waals surface area (Å²) in [5.41, 5.74) is -0.314. The largest absolute Gasteiger partial charge is 0.495 e. The van der Waals surface area contributed by atoms with Crippen LogP contribution in [0.2, 0.25) is 0 Å². The summed E-state index contributed by atoms with van der Waals surface area (Å²) in [4.78, 5) is 14.9. The molecule has 0 saturated heterocycles. The second kappa shape index (κ2) is 3.65. The predicted molar refractivity (Wildman–Crippen MR) is 51.5 cm³/mol. The Kier molecular flexibility index (Phi) is 2.74. The molecule has 1 N–H and O–H groups in total. The zero-order valence-electron chi connectivity index (χ0n) is 8.44. The first-order valence-electron chi connectivity index (χ1n) is 4.21. The summed E-state index contributed by atoms with van der Waals surface area (Å²) in [5.74, 6) is -0.315. The standard InChI is InChI=1S/C10H13NO3/c1-10(2,9(12)13)7-4-8(14-3)6-11-5-7/h4-6H,1-3H3,(H,12,13). The third-order valence-electron chi connectivity index (χ3n) is 2.21. The monoisotopic (exact) mass is 195 g/mol. The Morgan fingerprint density at radius 1 is 1.50 bits per heavy atom. The molecule has 1 aromatic rings. The van der Waals surface area contributed by atoms with Crippen molar-refractivity contribution in [2.75, 3.05) is 7.11 Å². The number of methoxy groups -OCH3 is 1. The minimum atomic E-state index is -0.943. The average molecular weight is 195 g/mol. The summed E-state index contributed by atoms with van der Waals surface area (Å²) >= 11 is 0. The summed E-state index contributed by atoms with van der Waals surface area (Å²) < 4.78 is 4.97. The highest BCUT2D eigenvalue weighted by Gasteiger charge is 2.29. The van der Waals surface area contributed by atoms with Crippen LogP contribution in [0.1, 0.15) is 19.4 Å². The molecule has 0 spiro atoms.